The van der Waals surface area contributed by atoms with E-state index in [-0.39, 0.29) is 5.92 Å². The zero-order valence-electron chi connectivity index (χ0n) is 31.6. The fourth-order valence-electron chi connectivity index (χ4n) is 7.47. The lowest BCUT2D eigenvalue weighted by Crippen LogP contribution is -2.10. The minimum Gasteiger partial charge on any atom is -0.455 e. The number of benzene rings is 7. The standard InChI is InChI=1S/C54H45NO/c1-3-5-6-8-19-40(4-2)22-18-39-55(45-36-33-44(34-37-45)46-25-13-11-23-42(46)32-31-41-20-9-7-10-21-41)52-30-16-15-27-48(52)49-28-17-29-50-51-38-35-43-24-12-14-26-47(43)53(51)56-54(49)50/h3-4,7-21,23-40H,1-2,5-6,22H2/b19-8+,32-31-,39-18+. The summed E-state index contributed by atoms with van der Waals surface area (Å²) in [5.41, 5.74) is 10.8. The van der Waals surface area contributed by atoms with Crippen molar-refractivity contribution in [1.82, 2.24) is 0 Å². The van der Waals surface area contributed by atoms with Crippen LogP contribution in [0.25, 0.3) is 67.1 Å². The lowest BCUT2D eigenvalue weighted by molar-refractivity contribution is 0.674. The molecule has 56 heavy (non-hydrogen) atoms. The van der Waals surface area contributed by atoms with Gasteiger partial charge in [-0.1, -0.05) is 176 Å². The fourth-order valence-corrected chi connectivity index (χ4v) is 7.47. The molecule has 1 unspecified atom stereocenters. The quantitative estimate of drug-likeness (QED) is 0.0631. The minimum atomic E-state index is 0.232. The Bertz CT molecular complexity index is 2710. The van der Waals surface area contributed by atoms with E-state index in [1.54, 1.807) is 0 Å². The van der Waals surface area contributed by atoms with E-state index in [4.69, 9.17) is 4.42 Å². The van der Waals surface area contributed by atoms with Crippen molar-refractivity contribution in [3.8, 4) is 22.3 Å². The fraction of sp³-hybridized carbons (Fsp3) is 0.0741. The van der Waals surface area contributed by atoms with Crippen molar-refractivity contribution in [3.05, 3.63) is 219 Å². The maximum atomic E-state index is 6.83. The predicted octanol–water partition coefficient (Wildman–Crippen LogP) is 15.6. The monoisotopic (exact) mass is 723 g/mol. The van der Waals surface area contributed by atoms with E-state index in [0.717, 1.165) is 74.7 Å². The predicted molar refractivity (Wildman–Crippen MR) is 242 cm³/mol. The summed E-state index contributed by atoms with van der Waals surface area (Å²) in [6, 6.07) is 55.9. The van der Waals surface area contributed by atoms with Crippen LogP contribution in [0, 0.1) is 5.92 Å². The van der Waals surface area contributed by atoms with Gasteiger partial charge in [-0.25, -0.2) is 0 Å². The lowest BCUT2D eigenvalue weighted by atomic mass is 9.97. The molecule has 0 aliphatic carbocycles. The highest BCUT2D eigenvalue weighted by Gasteiger charge is 2.19. The molecule has 0 spiro atoms. The van der Waals surface area contributed by atoms with Crippen LogP contribution in [0.2, 0.25) is 0 Å². The number of para-hydroxylation sites is 2. The van der Waals surface area contributed by atoms with E-state index in [1.807, 2.05) is 18.2 Å². The SMILES string of the molecule is C=CCC/C=C/C(C=C)C/C=C/N(c1ccc(-c2ccccc2/C=C\c2ccccc2)cc1)c1ccccc1-c1cccc2c1oc1c3ccccc3ccc21. The number of hydrogen-bond donors (Lipinski definition) is 0. The smallest absolute Gasteiger partial charge is 0.143 e. The molecule has 2 heteroatoms. The Morgan fingerprint density at radius 1 is 0.554 bits per heavy atom. The summed E-state index contributed by atoms with van der Waals surface area (Å²) in [5.74, 6) is 0.232. The van der Waals surface area contributed by atoms with Gasteiger partial charge in [0.05, 0.1) is 5.69 Å². The zero-order chi connectivity index (χ0) is 38.1. The summed E-state index contributed by atoms with van der Waals surface area (Å²) in [5, 5.41) is 4.53. The van der Waals surface area contributed by atoms with Crippen LogP contribution in [0.5, 0.6) is 0 Å². The van der Waals surface area contributed by atoms with Crippen molar-refractivity contribution in [2.24, 2.45) is 5.92 Å². The minimum absolute atomic E-state index is 0.232. The maximum absolute atomic E-state index is 6.83. The van der Waals surface area contributed by atoms with Gasteiger partial charge in [0.2, 0.25) is 0 Å². The number of rotatable bonds is 14. The number of fused-ring (bicyclic) bond motifs is 5. The summed E-state index contributed by atoms with van der Waals surface area (Å²) in [4.78, 5) is 2.30. The van der Waals surface area contributed by atoms with Gasteiger partial charge in [-0.2, -0.15) is 0 Å². The summed E-state index contributed by atoms with van der Waals surface area (Å²) in [6.45, 7) is 7.99. The maximum Gasteiger partial charge on any atom is 0.143 e. The van der Waals surface area contributed by atoms with E-state index in [2.05, 4.69) is 206 Å². The average molecular weight is 724 g/mol. The normalized spacial score (nSPS) is 12.4. The second-order valence-corrected chi connectivity index (χ2v) is 14.0. The third-order valence-electron chi connectivity index (χ3n) is 10.4. The first kappa shape index (κ1) is 36.1. The summed E-state index contributed by atoms with van der Waals surface area (Å²) in [7, 11) is 0. The van der Waals surface area contributed by atoms with Crippen LogP contribution in [-0.2, 0) is 0 Å². The molecule has 0 aliphatic rings. The molecule has 0 N–H and O–H groups in total. The molecule has 0 amide bonds. The van der Waals surface area contributed by atoms with Crippen LogP contribution in [0.4, 0.5) is 11.4 Å². The summed E-state index contributed by atoms with van der Waals surface area (Å²) in [6.07, 6.45) is 20.1. The average Bonchev–Trinajstić information content (AvgIpc) is 3.66. The van der Waals surface area contributed by atoms with Gasteiger partial charge >= 0.3 is 0 Å². The van der Waals surface area contributed by atoms with Crippen molar-refractivity contribution < 1.29 is 4.42 Å². The topological polar surface area (TPSA) is 16.4 Å². The van der Waals surface area contributed by atoms with Crippen LogP contribution in [0.1, 0.15) is 30.4 Å². The van der Waals surface area contributed by atoms with Crippen LogP contribution in [0.3, 0.4) is 0 Å². The first-order chi connectivity index (χ1) is 27.7. The number of nitrogens with zero attached hydrogens (tertiary/aromatic N) is 1. The van der Waals surface area contributed by atoms with Crippen molar-refractivity contribution in [2.45, 2.75) is 19.3 Å². The van der Waals surface area contributed by atoms with Gasteiger partial charge in [-0.05, 0) is 77.1 Å². The molecule has 2 nitrogen and oxygen atoms in total. The van der Waals surface area contributed by atoms with E-state index in [9.17, 15) is 0 Å². The Morgan fingerprint density at radius 2 is 1.27 bits per heavy atom. The molecule has 1 atom stereocenters. The number of allylic oxidation sites excluding steroid dienone is 5. The van der Waals surface area contributed by atoms with Crippen LogP contribution in [-0.4, -0.2) is 0 Å². The van der Waals surface area contributed by atoms with Gasteiger partial charge in [0.15, 0.2) is 0 Å². The Morgan fingerprint density at radius 3 is 2.11 bits per heavy atom. The second-order valence-electron chi connectivity index (χ2n) is 14.0. The van der Waals surface area contributed by atoms with Gasteiger partial charge in [0.25, 0.3) is 0 Å². The molecule has 0 radical (unpaired) electrons. The molecule has 0 saturated heterocycles. The molecule has 0 fully saturated rings. The van der Waals surface area contributed by atoms with Gasteiger partial charge in [0.1, 0.15) is 11.2 Å². The number of unbranched alkanes of at least 4 members (excludes halogenated alkanes) is 1. The highest BCUT2D eigenvalue weighted by Crippen LogP contribution is 2.43. The van der Waals surface area contributed by atoms with Crippen LogP contribution >= 0.6 is 0 Å². The van der Waals surface area contributed by atoms with E-state index in [1.165, 1.54) is 22.1 Å². The molecule has 8 aromatic rings. The molecule has 272 valence electrons. The number of hydrogen-bond acceptors (Lipinski definition) is 2. The van der Waals surface area contributed by atoms with Crippen molar-refractivity contribution in [2.75, 3.05) is 4.90 Å². The van der Waals surface area contributed by atoms with Crippen molar-refractivity contribution >= 4 is 56.2 Å². The van der Waals surface area contributed by atoms with E-state index in [0.29, 0.717) is 0 Å². The molecule has 0 aliphatic heterocycles. The van der Waals surface area contributed by atoms with E-state index >= 15 is 0 Å². The Labute approximate surface area is 330 Å². The third-order valence-corrected chi connectivity index (χ3v) is 10.4. The molecule has 7 aromatic carbocycles. The highest BCUT2D eigenvalue weighted by molar-refractivity contribution is 6.17. The number of furan rings is 1. The largest absolute Gasteiger partial charge is 0.455 e. The Balaban J connectivity index is 1.20. The third kappa shape index (κ3) is 7.69. The van der Waals surface area contributed by atoms with Crippen molar-refractivity contribution in [1.29, 1.82) is 0 Å². The molecular formula is C54H45NO. The summed E-state index contributed by atoms with van der Waals surface area (Å²) >= 11 is 0. The highest BCUT2D eigenvalue weighted by atomic mass is 16.3. The zero-order valence-corrected chi connectivity index (χ0v) is 31.6. The van der Waals surface area contributed by atoms with Gasteiger partial charge in [0, 0.05) is 39.2 Å². The van der Waals surface area contributed by atoms with Gasteiger partial charge in [-0.3, -0.25) is 0 Å². The molecular weight excluding hydrogens is 679 g/mol. The van der Waals surface area contributed by atoms with Crippen LogP contribution in [0.15, 0.2) is 212 Å². The van der Waals surface area contributed by atoms with Crippen molar-refractivity contribution in [3.63, 3.8) is 0 Å². The molecule has 0 saturated carbocycles. The van der Waals surface area contributed by atoms with Gasteiger partial charge < -0.3 is 9.32 Å². The molecule has 8 rings (SSSR count). The van der Waals surface area contributed by atoms with Gasteiger partial charge in [-0.15, -0.1) is 13.2 Å². The first-order valence-corrected chi connectivity index (χ1v) is 19.4. The Kier molecular flexibility index (Phi) is 11.0. The lowest BCUT2D eigenvalue weighted by Gasteiger charge is -2.25. The molecule has 1 aromatic heterocycles. The molecule has 1 heterocycles. The summed E-state index contributed by atoms with van der Waals surface area (Å²) < 4.78 is 6.83. The number of anilines is 2. The Hall–Kier alpha value is -6.90. The first-order valence-electron chi connectivity index (χ1n) is 19.4. The second kappa shape index (κ2) is 17.1. The molecule has 0 bridgehead atoms. The van der Waals surface area contributed by atoms with E-state index < -0.39 is 0 Å². The van der Waals surface area contributed by atoms with Crippen LogP contribution < -0.4 is 4.90 Å².